The minimum absolute atomic E-state index is 0.185. The van der Waals surface area contributed by atoms with Crippen LogP contribution in [0, 0.1) is 5.92 Å². The van der Waals surface area contributed by atoms with Gasteiger partial charge in [0.05, 0.1) is 7.11 Å². The third-order valence-corrected chi connectivity index (χ3v) is 5.51. The topological polar surface area (TPSA) is 69.0 Å². The summed E-state index contributed by atoms with van der Waals surface area (Å²) in [6, 6.07) is 7.59. The summed E-state index contributed by atoms with van der Waals surface area (Å²) in [5.41, 5.74) is 2.77. The predicted molar refractivity (Wildman–Crippen MR) is 102 cm³/mol. The third kappa shape index (κ3) is 2.90. The van der Waals surface area contributed by atoms with Gasteiger partial charge in [0, 0.05) is 17.7 Å². The summed E-state index contributed by atoms with van der Waals surface area (Å²) < 4.78 is 7.24. The Hall–Kier alpha value is -2.28. The number of allylic oxidation sites excluding steroid dienone is 2. The molecule has 2 aromatic rings. The molecule has 0 saturated heterocycles. The molecule has 0 amide bonds. The maximum Gasteiger partial charge on any atom is 0.227 e. The van der Waals surface area contributed by atoms with Crippen LogP contribution in [-0.4, -0.2) is 33.4 Å². The number of ketones is 1. The van der Waals surface area contributed by atoms with E-state index in [0.717, 1.165) is 39.9 Å². The Morgan fingerprint density at radius 1 is 1.38 bits per heavy atom. The van der Waals surface area contributed by atoms with Gasteiger partial charge >= 0.3 is 0 Å². The van der Waals surface area contributed by atoms with Crippen molar-refractivity contribution >= 4 is 23.5 Å². The van der Waals surface area contributed by atoms with Crippen LogP contribution in [0.2, 0.25) is 0 Å². The number of benzene rings is 1. The number of hydrogen-bond donors (Lipinski definition) is 1. The first kappa shape index (κ1) is 17.1. The highest BCUT2D eigenvalue weighted by Gasteiger charge is 2.38. The van der Waals surface area contributed by atoms with Crippen molar-refractivity contribution in [2.24, 2.45) is 5.92 Å². The molecule has 2 atom stereocenters. The molecule has 0 fully saturated rings. The monoisotopic (exact) mass is 370 g/mol. The maximum absolute atomic E-state index is 12.9. The summed E-state index contributed by atoms with van der Waals surface area (Å²) in [4.78, 5) is 17.6. The Kier molecular flexibility index (Phi) is 4.48. The van der Waals surface area contributed by atoms with E-state index in [0.29, 0.717) is 18.3 Å². The average Bonchev–Trinajstić information content (AvgIpc) is 3.02. The normalized spacial score (nSPS) is 21.9. The molecule has 1 aliphatic carbocycles. The van der Waals surface area contributed by atoms with Crippen LogP contribution < -0.4 is 10.1 Å². The summed E-state index contributed by atoms with van der Waals surface area (Å²) >= 11 is 1.60. The van der Waals surface area contributed by atoms with Gasteiger partial charge in [-0.25, -0.2) is 4.68 Å². The lowest BCUT2D eigenvalue weighted by Crippen LogP contribution is -2.33. The standard InChI is InChI=1S/C19H22N4O2S/c1-4-26-19-21-18-20-14-8-11(2)9-15(24)16(14)17(23(18)22-19)12-6-5-7-13(10-12)25-3/h5-7,10-11,17H,4,8-9H2,1-3H3,(H,20,21,22)/t11-,17-/m1/s1. The SMILES string of the molecule is CCSc1nc2n(n1)[C@H](c1cccc(OC)c1)C1=C(C[C@@H](C)CC1=O)N2. The van der Waals surface area contributed by atoms with Crippen molar-refractivity contribution in [1.82, 2.24) is 14.8 Å². The van der Waals surface area contributed by atoms with E-state index in [4.69, 9.17) is 4.74 Å². The maximum atomic E-state index is 12.9. The lowest BCUT2D eigenvalue weighted by Gasteiger charge is -2.34. The van der Waals surface area contributed by atoms with Gasteiger partial charge in [0.1, 0.15) is 11.8 Å². The molecule has 0 radical (unpaired) electrons. The van der Waals surface area contributed by atoms with Gasteiger partial charge in [0.2, 0.25) is 11.1 Å². The molecule has 0 unspecified atom stereocenters. The van der Waals surface area contributed by atoms with Crippen LogP contribution in [0.5, 0.6) is 5.75 Å². The van der Waals surface area contributed by atoms with Crippen LogP contribution in [0.3, 0.4) is 0 Å². The molecule has 26 heavy (non-hydrogen) atoms. The number of nitrogens with one attached hydrogen (secondary N) is 1. The fourth-order valence-electron chi connectivity index (χ4n) is 3.70. The highest BCUT2D eigenvalue weighted by molar-refractivity contribution is 7.99. The lowest BCUT2D eigenvalue weighted by atomic mass is 9.81. The first-order valence-electron chi connectivity index (χ1n) is 8.87. The van der Waals surface area contributed by atoms with Crippen molar-refractivity contribution in [3.8, 4) is 5.75 Å². The highest BCUT2D eigenvalue weighted by Crippen LogP contribution is 2.42. The van der Waals surface area contributed by atoms with Crippen molar-refractivity contribution in [2.75, 3.05) is 18.2 Å². The van der Waals surface area contributed by atoms with Crippen LogP contribution in [0.1, 0.15) is 38.3 Å². The number of thioether (sulfide) groups is 1. The number of carbonyl (C=O) groups is 1. The number of hydrogen-bond acceptors (Lipinski definition) is 6. The number of rotatable bonds is 4. The molecule has 136 valence electrons. The highest BCUT2D eigenvalue weighted by atomic mass is 32.2. The molecule has 0 bridgehead atoms. The second kappa shape index (κ2) is 6.79. The molecule has 2 aliphatic rings. The van der Waals surface area contributed by atoms with Crippen molar-refractivity contribution < 1.29 is 9.53 Å². The molecule has 7 heteroatoms. The third-order valence-electron chi connectivity index (χ3n) is 4.79. The van der Waals surface area contributed by atoms with E-state index in [-0.39, 0.29) is 11.8 Å². The quantitative estimate of drug-likeness (QED) is 0.828. The average molecular weight is 370 g/mol. The Morgan fingerprint density at radius 3 is 3.00 bits per heavy atom. The molecular formula is C19H22N4O2S. The molecule has 0 spiro atoms. The summed E-state index contributed by atoms with van der Waals surface area (Å²) in [6.07, 6.45) is 1.42. The van der Waals surface area contributed by atoms with Crippen LogP contribution in [0.25, 0.3) is 0 Å². The smallest absolute Gasteiger partial charge is 0.227 e. The Labute approximate surface area is 157 Å². The molecule has 1 N–H and O–H groups in total. The van der Waals surface area contributed by atoms with Crippen molar-refractivity contribution in [1.29, 1.82) is 0 Å². The van der Waals surface area contributed by atoms with E-state index >= 15 is 0 Å². The number of Topliss-reactive ketones (excluding diaryl/α,β-unsaturated/α-hetero) is 1. The van der Waals surface area contributed by atoms with E-state index in [2.05, 4.69) is 29.2 Å². The van der Waals surface area contributed by atoms with Crippen LogP contribution in [-0.2, 0) is 4.79 Å². The Balaban J connectivity index is 1.87. The van der Waals surface area contributed by atoms with Gasteiger partial charge in [0.15, 0.2) is 5.78 Å². The molecule has 4 rings (SSSR count). The Morgan fingerprint density at radius 2 is 2.23 bits per heavy atom. The molecular weight excluding hydrogens is 348 g/mol. The first-order chi connectivity index (χ1) is 12.6. The number of methoxy groups -OCH3 is 1. The van der Waals surface area contributed by atoms with E-state index in [1.165, 1.54) is 0 Å². The fourth-order valence-corrected chi connectivity index (χ4v) is 4.25. The van der Waals surface area contributed by atoms with Gasteiger partial charge in [-0.2, -0.15) is 4.98 Å². The van der Waals surface area contributed by atoms with Crippen molar-refractivity contribution in [3.63, 3.8) is 0 Å². The summed E-state index contributed by atoms with van der Waals surface area (Å²) in [6.45, 7) is 4.19. The zero-order chi connectivity index (χ0) is 18.3. The number of ether oxygens (including phenoxy) is 1. The minimum Gasteiger partial charge on any atom is -0.497 e. The van der Waals surface area contributed by atoms with Crippen molar-refractivity contribution in [3.05, 3.63) is 41.1 Å². The molecule has 1 aliphatic heterocycles. The Bertz CT molecular complexity index is 889. The molecule has 6 nitrogen and oxygen atoms in total. The van der Waals surface area contributed by atoms with E-state index in [1.807, 2.05) is 28.9 Å². The first-order valence-corrected chi connectivity index (χ1v) is 9.85. The van der Waals surface area contributed by atoms with Crippen molar-refractivity contribution in [2.45, 2.75) is 37.9 Å². The summed E-state index contributed by atoms with van der Waals surface area (Å²) in [5.74, 6) is 2.89. The number of anilines is 1. The molecule has 2 heterocycles. The minimum atomic E-state index is -0.268. The van der Waals surface area contributed by atoms with Gasteiger partial charge < -0.3 is 10.1 Å². The second-order valence-electron chi connectivity index (χ2n) is 6.73. The van der Waals surface area contributed by atoms with Crippen LogP contribution in [0.15, 0.2) is 40.7 Å². The molecule has 1 aromatic heterocycles. The van der Waals surface area contributed by atoms with Gasteiger partial charge in [0.25, 0.3) is 0 Å². The number of fused-ring (bicyclic) bond motifs is 1. The van der Waals surface area contributed by atoms with Gasteiger partial charge in [-0.15, -0.1) is 5.10 Å². The molecule has 1 aromatic carbocycles. The predicted octanol–water partition coefficient (Wildman–Crippen LogP) is 3.67. The van der Waals surface area contributed by atoms with E-state index in [1.54, 1.807) is 18.9 Å². The molecule has 0 saturated carbocycles. The van der Waals surface area contributed by atoms with Gasteiger partial charge in [-0.3, -0.25) is 4.79 Å². The van der Waals surface area contributed by atoms with Crippen LogP contribution >= 0.6 is 11.8 Å². The summed E-state index contributed by atoms with van der Waals surface area (Å²) in [7, 11) is 1.65. The van der Waals surface area contributed by atoms with Gasteiger partial charge in [-0.05, 0) is 35.8 Å². The number of carbonyl (C=O) groups excluding carboxylic acids is 1. The number of nitrogens with zero attached hydrogens (tertiary/aromatic N) is 3. The van der Waals surface area contributed by atoms with E-state index in [9.17, 15) is 4.79 Å². The van der Waals surface area contributed by atoms with Gasteiger partial charge in [-0.1, -0.05) is 37.7 Å². The largest absolute Gasteiger partial charge is 0.497 e. The lowest BCUT2D eigenvalue weighted by molar-refractivity contribution is -0.117. The van der Waals surface area contributed by atoms with E-state index < -0.39 is 0 Å². The second-order valence-corrected chi connectivity index (χ2v) is 7.96. The summed E-state index contributed by atoms with van der Waals surface area (Å²) in [5, 5.41) is 8.77. The number of aromatic nitrogens is 3. The zero-order valence-corrected chi connectivity index (χ0v) is 16.0. The fraction of sp³-hybridized carbons (Fsp3) is 0.421. The van der Waals surface area contributed by atoms with Crippen LogP contribution in [0.4, 0.5) is 5.95 Å². The zero-order valence-electron chi connectivity index (χ0n) is 15.2.